The molecule has 6 heteroatoms. The molecule has 0 unspecified atom stereocenters. The Morgan fingerprint density at radius 1 is 0.967 bits per heavy atom. The first-order chi connectivity index (χ1) is 14.6. The van der Waals surface area contributed by atoms with E-state index >= 15 is 0 Å². The number of carbonyl (C=O) groups is 1. The van der Waals surface area contributed by atoms with E-state index in [2.05, 4.69) is 0 Å². The molecular formula is C24H16FNO4. The number of nitrogens with zero attached hydrogens (tertiary/aromatic N) is 1. The molecule has 0 spiro atoms. The van der Waals surface area contributed by atoms with Gasteiger partial charge in [0, 0.05) is 23.7 Å². The molecule has 3 aromatic carbocycles. The molecule has 0 bridgehead atoms. The average molecular weight is 401 g/mol. The van der Waals surface area contributed by atoms with Crippen molar-refractivity contribution in [1.29, 1.82) is 0 Å². The Labute approximate surface area is 170 Å². The highest BCUT2D eigenvalue weighted by molar-refractivity contribution is 6.10. The summed E-state index contributed by atoms with van der Waals surface area (Å²) in [5, 5.41) is 0.164. The van der Waals surface area contributed by atoms with Gasteiger partial charge in [-0.1, -0.05) is 30.3 Å². The number of fused-ring (bicyclic) bond motifs is 2. The predicted molar refractivity (Wildman–Crippen MR) is 110 cm³/mol. The van der Waals surface area contributed by atoms with Gasteiger partial charge in [-0.15, -0.1) is 0 Å². The summed E-state index contributed by atoms with van der Waals surface area (Å²) in [7, 11) is 0. The van der Waals surface area contributed by atoms with Crippen LogP contribution in [-0.2, 0) is 6.54 Å². The minimum Gasteiger partial charge on any atom is -0.454 e. The quantitative estimate of drug-likeness (QED) is 0.482. The second-order valence-electron chi connectivity index (χ2n) is 7.04. The molecule has 1 aliphatic rings. The first kappa shape index (κ1) is 18.1. The van der Waals surface area contributed by atoms with Crippen LogP contribution in [0.2, 0.25) is 0 Å². The maximum atomic E-state index is 13.9. The number of pyridine rings is 1. The molecule has 1 aromatic heterocycles. The lowest BCUT2D eigenvalue weighted by molar-refractivity contribution is 0.103. The van der Waals surface area contributed by atoms with Crippen LogP contribution < -0.4 is 14.9 Å². The lowest BCUT2D eigenvalue weighted by Crippen LogP contribution is -2.20. The van der Waals surface area contributed by atoms with E-state index in [1.54, 1.807) is 35.0 Å². The van der Waals surface area contributed by atoms with Crippen LogP contribution >= 0.6 is 0 Å². The lowest BCUT2D eigenvalue weighted by atomic mass is 10.0. The summed E-state index contributed by atoms with van der Waals surface area (Å²) >= 11 is 0. The number of carbonyl (C=O) groups excluding carboxylic acids is 1. The fraction of sp³-hybridized carbons (Fsp3) is 0.0833. The summed E-state index contributed by atoms with van der Waals surface area (Å²) in [6, 6.07) is 18.5. The topological polar surface area (TPSA) is 57.5 Å². The second-order valence-corrected chi connectivity index (χ2v) is 7.04. The fourth-order valence-electron chi connectivity index (χ4n) is 3.64. The van der Waals surface area contributed by atoms with Crippen LogP contribution in [0.1, 0.15) is 21.5 Å². The summed E-state index contributed by atoms with van der Waals surface area (Å²) in [4.78, 5) is 26.3. The lowest BCUT2D eigenvalue weighted by Gasteiger charge is -2.14. The van der Waals surface area contributed by atoms with Crippen molar-refractivity contribution < 1.29 is 18.7 Å². The van der Waals surface area contributed by atoms with Crippen LogP contribution in [0.15, 0.2) is 77.7 Å². The van der Waals surface area contributed by atoms with Gasteiger partial charge in [0.1, 0.15) is 5.82 Å². The van der Waals surface area contributed by atoms with E-state index in [0.29, 0.717) is 29.1 Å². The Morgan fingerprint density at radius 3 is 2.60 bits per heavy atom. The molecule has 4 aromatic rings. The minimum atomic E-state index is -0.529. The van der Waals surface area contributed by atoms with Gasteiger partial charge in [0.2, 0.25) is 12.2 Å². The van der Waals surface area contributed by atoms with Gasteiger partial charge in [-0.05, 0) is 42.0 Å². The summed E-state index contributed by atoms with van der Waals surface area (Å²) in [5.74, 6) is 0.0238. The SMILES string of the molecule is O=C(c1ccc2c(c1)OCO2)c1cn(Cc2ccccc2)c2ccc(F)cc2c1=O. The molecule has 0 radical (unpaired) electrons. The van der Waals surface area contributed by atoms with E-state index in [1.165, 1.54) is 12.1 Å². The Bertz CT molecular complexity index is 1340. The van der Waals surface area contributed by atoms with Gasteiger partial charge in [0.05, 0.1) is 11.1 Å². The maximum absolute atomic E-state index is 13.9. The zero-order valence-corrected chi connectivity index (χ0v) is 15.8. The standard InChI is InChI=1S/C24H16FNO4/c25-17-7-8-20-18(11-17)24(28)19(13-26(20)12-15-4-2-1-3-5-15)23(27)16-6-9-21-22(10-16)30-14-29-21/h1-11,13H,12,14H2. The molecule has 5 nitrogen and oxygen atoms in total. The predicted octanol–water partition coefficient (Wildman–Crippen LogP) is 4.15. The molecule has 0 amide bonds. The Hall–Kier alpha value is -3.93. The van der Waals surface area contributed by atoms with Gasteiger partial charge in [0.25, 0.3) is 0 Å². The molecule has 0 aliphatic carbocycles. The average Bonchev–Trinajstić information content (AvgIpc) is 3.24. The van der Waals surface area contributed by atoms with Crippen molar-refractivity contribution in [2.24, 2.45) is 0 Å². The number of halogens is 1. The van der Waals surface area contributed by atoms with E-state index in [0.717, 1.165) is 5.56 Å². The van der Waals surface area contributed by atoms with E-state index in [1.807, 2.05) is 30.3 Å². The van der Waals surface area contributed by atoms with Gasteiger partial charge in [-0.2, -0.15) is 0 Å². The van der Waals surface area contributed by atoms with Crippen molar-refractivity contribution >= 4 is 16.7 Å². The van der Waals surface area contributed by atoms with E-state index < -0.39 is 17.0 Å². The van der Waals surface area contributed by atoms with Crippen molar-refractivity contribution in [2.75, 3.05) is 6.79 Å². The van der Waals surface area contributed by atoms with Crippen LogP contribution in [-0.4, -0.2) is 17.1 Å². The third-order valence-electron chi connectivity index (χ3n) is 5.12. The van der Waals surface area contributed by atoms with Gasteiger partial charge in [-0.3, -0.25) is 9.59 Å². The Kier molecular flexibility index (Phi) is 4.32. The highest BCUT2D eigenvalue weighted by atomic mass is 19.1. The highest BCUT2D eigenvalue weighted by Gasteiger charge is 2.21. The van der Waals surface area contributed by atoms with Crippen molar-refractivity contribution in [2.45, 2.75) is 6.54 Å². The zero-order chi connectivity index (χ0) is 20.7. The van der Waals surface area contributed by atoms with Gasteiger partial charge in [-0.25, -0.2) is 4.39 Å². The summed E-state index contributed by atoms with van der Waals surface area (Å²) < 4.78 is 26.3. The Morgan fingerprint density at radius 2 is 1.77 bits per heavy atom. The van der Waals surface area contributed by atoms with Crippen LogP contribution in [0, 0.1) is 5.82 Å². The molecule has 0 atom stereocenters. The van der Waals surface area contributed by atoms with Gasteiger partial charge >= 0.3 is 0 Å². The first-order valence-electron chi connectivity index (χ1n) is 9.41. The van der Waals surface area contributed by atoms with Crippen molar-refractivity contribution in [1.82, 2.24) is 4.57 Å². The monoisotopic (exact) mass is 401 g/mol. The number of aromatic nitrogens is 1. The number of rotatable bonds is 4. The molecule has 0 fully saturated rings. The number of hydrogen-bond donors (Lipinski definition) is 0. The molecule has 0 saturated heterocycles. The third kappa shape index (κ3) is 3.12. The van der Waals surface area contributed by atoms with Gasteiger partial charge in [0.15, 0.2) is 17.3 Å². The largest absolute Gasteiger partial charge is 0.454 e. The van der Waals surface area contributed by atoms with Crippen molar-refractivity contribution in [3.63, 3.8) is 0 Å². The minimum absolute atomic E-state index is 0.0251. The molecular weight excluding hydrogens is 385 g/mol. The van der Waals surface area contributed by atoms with E-state index in [9.17, 15) is 14.0 Å². The number of benzene rings is 3. The number of ketones is 1. The van der Waals surface area contributed by atoms with Crippen LogP contribution in [0.25, 0.3) is 10.9 Å². The van der Waals surface area contributed by atoms with Crippen LogP contribution in [0.4, 0.5) is 4.39 Å². The molecule has 0 saturated carbocycles. The smallest absolute Gasteiger partial charge is 0.231 e. The fourth-order valence-corrected chi connectivity index (χ4v) is 3.64. The van der Waals surface area contributed by atoms with Gasteiger partial charge < -0.3 is 14.0 Å². The molecule has 5 rings (SSSR count). The molecule has 0 N–H and O–H groups in total. The van der Waals surface area contributed by atoms with Crippen LogP contribution in [0.3, 0.4) is 0 Å². The summed E-state index contributed by atoms with van der Waals surface area (Å²) in [6.45, 7) is 0.525. The molecule has 1 aliphatic heterocycles. The first-order valence-corrected chi connectivity index (χ1v) is 9.41. The second kappa shape index (κ2) is 7.15. The van der Waals surface area contributed by atoms with Crippen molar-refractivity contribution in [3.8, 4) is 11.5 Å². The molecule has 30 heavy (non-hydrogen) atoms. The van der Waals surface area contributed by atoms with E-state index in [-0.39, 0.29) is 17.7 Å². The van der Waals surface area contributed by atoms with Crippen LogP contribution in [0.5, 0.6) is 11.5 Å². The third-order valence-corrected chi connectivity index (χ3v) is 5.12. The summed E-state index contributed by atoms with van der Waals surface area (Å²) in [6.07, 6.45) is 1.54. The highest BCUT2D eigenvalue weighted by Crippen LogP contribution is 2.33. The zero-order valence-electron chi connectivity index (χ0n) is 15.8. The summed E-state index contributed by atoms with van der Waals surface area (Å²) in [5.41, 5.74) is 1.33. The van der Waals surface area contributed by atoms with E-state index in [4.69, 9.17) is 9.47 Å². The van der Waals surface area contributed by atoms with Crippen molar-refractivity contribution in [3.05, 3.63) is 106 Å². The number of ether oxygens (including phenoxy) is 2. The number of hydrogen-bond acceptors (Lipinski definition) is 4. The maximum Gasteiger partial charge on any atom is 0.231 e. The molecule has 148 valence electrons. The molecule has 2 heterocycles. The Balaban J connectivity index is 1.67. The normalized spacial score (nSPS) is 12.3.